The molecule has 0 rings (SSSR count). The first-order valence-corrected chi connectivity index (χ1v) is 6.63. The summed E-state index contributed by atoms with van der Waals surface area (Å²) >= 11 is 0. The number of hydrogen-bond donors (Lipinski definition) is 1. The molecule has 112 valence electrons. The Morgan fingerprint density at radius 3 is 2.05 bits per heavy atom. The van der Waals surface area contributed by atoms with Crippen LogP contribution in [0.5, 0.6) is 0 Å². The molecule has 5 nitrogen and oxygen atoms in total. The Morgan fingerprint density at radius 2 is 1.68 bits per heavy atom. The topological polar surface area (TPSA) is 64.6 Å². The van der Waals surface area contributed by atoms with Gasteiger partial charge in [0, 0.05) is 7.11 Å². The van der Waals surface area contributed by atoms with Crippen LogP contribution >= 0.6 is 0 Å². The van der Waals surface area contributed by atoms with E-state index in [1.54, 1.807) is 27.7 Å². The van der Waals surface area contributed by atoms with Gasteiger partial charge in [0.05, 0.1) is 0 Å². The molecule has 0 aliphatic rings. The number of rotatable bonds is 6. The van der Waals surface area contributed by atoms with E-state index in [2.05, 4.69) is 5.32 Å². The van der Waals surface area contributed by atoms with E-state index >= 15 is 0 Å². The lowest BCUT2D eigenvalue weighted by Crippen LogP contribution is -2.48. The van der Waals surface area contributed by atoms with Gasteiger partial charge < -0.3 is 14.8 Å². The minimum Gasteiger partial charge on any atom is -0.458 e. The predicted octanol–water partition coefficient (Wildman–Crippen LogP) is 1.89. The van der Waals surface area contributed by atoms with Crippen LogP contribution in [-0.2, 0) is 19.1 Å². The summed E-state index contributed by atoms with van der Waals surface area (Å²) in [5.74, 6) is -0.437. The number of methoxy groups -OCH3 is 1. The lowest BCUT2D eigenvalue weighted by Gasteiger charge is -2.26. The molecule has 0 aliphatic carbocycles. The van der Waals surface area contributed by atoms with Gasteiger partial charge in [0.2, 0.25) is 5.91 Å². The van der Waals surface area contributed by atoms with Crippen LogP contribution in [-0.4, -0.2) is 36.7 Å². The summed E-state index contributed by atoms with van der Waals surface area (Å²) in [4.78, 5) is 23.9. The zero-order valence-electron chi connectivity index (χ0n) is 13.1. The molecule has 0 aliphatic heterocycles. The maximum Gasteiger partial charge on any atom is 0.329 e. The molecular formula is C14H27NO4. The molecule has 1 amide bonds. The summed E-state index contributed by atoms with van der Waals surface area (Å²) in [7, 11) is 1.45. The number of nitrogens with one attached hydrogen (secondary N) is 1. The Balaban J connectivity index is 4.72. The number of ether oxygens (including phenoxy) is 2. The number of carbonyl (C=O) groups is 2. The van der Waals surface area contributed by atoms with Crippen molar-refractivity contribution in [3.05, 3.63) is 0 Å². The molecule has 0 aromatic carbocycles. The van der Waals surface area contributed by atoms with E-state index in [-0.39, 0.29) is 11.8 Å². The second kappa shape index (κ2) is 7.48. The summed E-state index contributed by atoms with van der Waals surface area (Å²) < 4.78 is 10.3. The SMILES string of the molecule is CO[C@H](C)C(=O)N[C@H](CC(C)C)C(=O)OC(C)(C)C. The van der Waals surface area contributed by atoms with Gasteiger partial charge in [0.1, 0.15) is 17.7 Å². The van der Waals surface area contributed by atoms with Crippen molar-refractivity contribution in [2.75, 3.05) is 7.11 Å². The van der Waals surface area contributed by atoms with Gasteiger partial charge >= 0.3 is 5.97 Å². The molecule has 0 heterocycles. The zero-order chi connectivity index (χ0) is 15.2. The summed E-state index contributed by atoms with van der Waals surface area (Å²) in [6.07, 6.45) is -0.0472. The van der Waals surface area contributed by atoms with E-state index in [0.29, 0.717) is 6.42 Å². The first-order valence-electron chi connectivity index (χ1n) is 6.63. The lowest BCUT2D eigenvalue weighted by atomic mass is 10.0. The van der Waals surface area contributed by atoms with Crippen molar-refractivity contribution in [2.24, 2.45) is 5.92 Å². The van der Waals surface area contributed by atoms with Crippen LogP contribution in [0.3, 0.4) is 0 Å². The summed E-state index contributed by atoms with van der Waals surface area (Å²) in [5.41, 5.74) is -0.566. The highest BCUT2D eigenvalue weighted by atomic mass is 16.6. The minimum atomic E-state index is -0.635. The van der Waals surface area contributed by atoms with Crippen LogP contribution in [0.4, 0.5) is 0 Å². The molecule has 0 aromatic heterocycles. The predicted molar refractivity (Wildman–Crippen MR) is 73.7 cm³/mol. The van der Waals surface area contributed by atoms with Gasteiger partial charge in [-0.3, -0.25) is 4.79 Å². The minimum absolute atomic E-state index is 0.274. The van der Waals surface area contributed by atoms with Crippen LogP contribution in [0.15, 0.2) is 0 Å². The van der Waals surface area contributed by atoms with Crippen LogP contribution in [0.25, 0.3) is 0 Å². The van der Waals surface area contributed by atoms with Gasteiger partial charge in [0.25, 0.3) is 0 Å². The molecular weight excluding hydrogens is 246 g/mol. The summed E-state index contributed by atoms with van der Waals surface area (Å²) in [5, 5.41) is 2.68. The molecule has 0 bridgehead atoms. The van der Waals surface area contributed by atoms with Gasteiger partial charge in [-0.05, 0) is 40.0 Å². The first-order chi connectivity index (χ1) is 8.56. The number of esters is 1. The normalized spacial score (nSPS) is 14.9. The molecule has 0 spiro atoms. The standard InChI is InChI=1S/C14H27NO4/c1-9(2)8-11(13(17)19-14(4,5)6)15-12(16)10(3)18-7/h9-11H,8H2,1-7H3,(H,15,16)/t10-,11-/m1/s1. The Kier molecular flexibility index (Phi) is 7.05. The summed E-state index contributed by atoms with van der Waals surface area (Å²) in [6.45, 7) is 11.0. The maximum atomic E-state index is 12.1. The van der Waals surface area contributed by atoms with Gasteiger partial charge in [0.15, 0.2) is 0 Å². The fourth-order valence-electron chi connectivity index (χ4n) is 1.45. The second-order valence-corrected chi connectivity index (χ2v) is 6.10. The average Bonchev–Trinajstić information content (AvgIpc) is 2.23. The Bertz CT molecular complexity index is 307. The number of amides is 1. The maximum absolute atomic E-state index is 12.1. The molecule has 19 heavy (non-hydrogen) atoms. The largest absolute Gasteiger partial charge is 0.458 e. The molecule has 0 unspecified atom stereocenters. The average molecular weight is 273 g/mol. The monoisotopic (exact) mass is 273 g/mol. The van der Waals surface area contributed by atoms with E-state index < -0.39 is 23.7 Å². The van der Waals surface area contributed by atoms with Crippen molar-refractivity contribution < 1.29 is 19.1 Å². The van der Waals surface area contributed by atoms with E-state index in [1.165, 1.54) is 7.11 Å². The van der Waals surface area contributed by atoms with E-state index in [0.717, 1.165) is 0 Å². The highest BCUT2D eigenvalue weighted by Crippen LogP contribution is 2.13. The van der Waals surface area contributed by atoms with Crippen LogP contribution < -0.4 is 5.32 Å². The molecule has 0 saturated heterocycles. The van der Waals surface area contributed by atoms with Gasteiger partial charge in [-0.15, -0.1) is 0 Å². The lowest BCUT2D eigenvalue weighted by molar-refractivity contribution is -0.159. The van der Waals surface area contributed by atoms with Crippen LogP contribution in [0.2, 0.25) is 0 Å². The van der Waals surface area contributed by atoms with Crippen molar-refractivity contribution in [1.29, 1.82) is 0 Å². The fraction of sp³-hybridized carbons (Fsp3) is 0.857. The first kappa shape index (κ1) is 17.9. The third kappa shape index (κ3) is 7.82. The summed E-state index contributed by atoms with van der Waals surface area (Å²) in [6, 6.07) is -0.635. The van der Waals surface area contributed by atoms with Crippen molar-refractivity contribution in [2.45, 2.75) is 65.7 Å². The molecule has 2 atom stereocenters. The van der Waals surface area contributed by atoms with E-state index in [4.69, 9.17) is 9.47 Å². The van der Waals surface area contributed by atoms with Crippen molar-refractivity contribution in [3.63, 3.8) is 0 Å². The smallest absolute Gasteiger partial charge is 0.329 e. The quantitative estimate of drug-likeness (QED) is 0.751. The molecule has 0 saturated carbocycles. The molecule has 0 fully saturated rings. The Labute approximate surface area is 116 Å². The number of carbonyl (C=O) groups excluding carboxylic acids is 2. The van der Waals surface area contributed by atoms with Crippen molar-refractivity contribution >= 4 is 11.9 Å². The van der Waals surface area contributed by atoms with Crippen LogP contribution in [0, 0.1) is 5.92 Å². The van der Waals surface area contributed by atoms with Gasteiger partial charge in [-0.25, -0.2) is 4.79 Å². The Hall–Kier alpha value is -1.10. The third-order valence-electron chi connectivity index (χ3n) is 2.44. The molecule has 0 aromatic rings. The van der Waals surface area contributed by atoms with Crippen LogP contribution in [0.1, 0.15) is 48.0 Å². The van der Waals surface area contributed by atoms with E-state index in [1.807, 2.05) is 13.8 Å². The Morgan fingerprint density at radius 1 is 1.16 bits per heavy atom. The highest BCUT2D eigenvalue weighted by Gasteiger charge is 2.28. The molecule has 1 N–H and O–H groups in total. The number of hydrogen-bond acceptors (Lipinski definition) is 4. The second-order valence-electron chi connectivity index (χ2n) is 6.10. The highest BCUT2D eigenvalue weighted by molar-refractivity contribution is 5.86. The van der Waals surface area contributed by atoms with Gasteiger partial charge in [-0.1, -0.05) is 13.8 Å². The fourth-order valence-corrected chi connectivity index (χ4v) is 1.45. The van der Waals surface area contributed by atoms with E-state index in [9.17, 15) is 9.59 Å². The third-order valence-corrected chi connectivity index (χ3v) is 2.44. The van der Waals surface area contributed by atoms with Gasteiger partial charge in [-0.2, -0.15) is 0 Å². The molecule has 5 heteroatoms. The zero-order valence-corrected chi connectivity index (χ0v) is 13.1. The molecule has 0 radical (unpaired) electrons. The van der Waals surface area contributed by atoms with Crippen molar-refractivity contribution in [1.82, 2.24) is 5.32 Å². The van der Waals surface area contributed by atoms with Crippen molar-refractivity contribution in [3.8, 4) is 0 Å².